The molecule has 3 aromatic heterocycles. The fraction of sp³-hybridized carbons (Fsp3) is 0.273. The van der Waals surface area contributed by atoms with E-state index in [9.17, 15) is 14.4 Å². The molecular formula is C22H22N4O4S. The molecule has 0 aliphatic rings. The molecule has 4 aromatic rings. The predicted octanol–water partition coefficient (Wildman–Crippen LogP) is 3.49. The third kappa shape index (κ3) is 3.40. The zero-order valence-corrected chi connectivity index (χ0v) is 18.7. The Morgan fingerprint density at radius 2 is 1.87 bits per heavy atom. The number of amides is 1. The molecule has 0 aliphatic carbocycles. The van der Waals surface area contributed by atoms with E-state index in [2.05, 4.69) is 9.97 Å². The van der Waals surface area contributed by atoms with Gasteiger partial charge in [0.2, 0.25) is 5.71 Å². The van der Waals surface area contributed by atoms with Crippen LogP contribution in [0.15, 0.2) is 44.3 Å². The number of aromatic amines is 1. The first-order valence-electron chi connectivity index (χ1n) is 9.75. The van der Waals surface area contributed by atoms with Crippen molar-refractivity contribution in [2.45, 2.75) is 33.7 Å². The Balaban J connectivity index is 1.87. The zero-order chi connectivity index (χ0) is 22.4. The van der Waals surface area contributed by atoms with Gasteiger partial charge in [0.15, 0.2) is 0 Å². The Morgan fingerprint density at radius 1 is 1.19 bits per heavy atom. The molecule has 8 nitrogen and oxygen atoms in total. The van der Waals surface area contributed by atoms with Gasteiger partial charge in [-0.25, -0.2) is 14.3 Å². The zero-order valence-electron chi connectivity index (χ0n) is 17.8. The van der Waals surface area contributed by atoms with Crippen LogP contribution in [0.1, 0.15) is 44.7 Å². The number of hydrogen-bond acceptors (Lipinski definition) is 6. The summed E-state index contributed by atoms with van der Waals surface area (Å²) in [6, 6.07) is 8.31. The van der Waals surface area contributed by atoms with Crippen molar-refractivity contribution in [3.63, 3.8) is 0 Å². The number of carbonyl (C=O) groups is 1. The molecule has 9 heteroatoms. The number of para-hydroxylation sites is 1. The lowest BCUT2D eigenvalue weighted by molar-refractivity contribution is 0.0744. The van der Waals surface area contributed by atoms with Gasteiger partial charge < -0.3 is 9.32 Å². The van der Waals surface area contributed by atoms with Gasteiger partial charge in [0.25, 0.3) is 11.5 Å². The van der Waals surface area contributed by atoms with Crippen LogP contribution in [0.2, 0.25) is 0 Å². The Morgan fingerprint density at radius 3 is 2.48 bits per heavy atom. The quantitative estimate of drug-likeness (QED) is 0.526. The second-order valence-corrected chi connectivity index (χ2v) is 8.65. The number of thiazole rings is 1. The number of carbonyl (C=O) groups excluding carboxylic acids is 1. The summed E-state index contributed by atoms with van der Waals surface area (Å²) in [7, 11) is 1.68. The van der Waals surface area contributed by atoms with E-state index in [1.165, 1.54) is 11.3 Å². The summed E-state index contributed by atoms with van der Waals surface area (Å²) in [5, 5.41) is 0.982. The number of fused-ring (bicyclic) bond motifs is 1. The van der Waals surface area contributed by atoms with Crippen molar-refractivity contribution in [3.05, 3.63) is 78.1 Å². The Hall–Kier alpha value is -3.46. The van der Waals surface area contributed by atoms with Crippen molar-refractivity contribution in [2.75, 3.05) is 7.05 Å². The normalized spacial score (nSPS) is 12.3. The van der Waals surface area contributed by atoms with E-state index in [4.69, 9.17) is 4.42 Å². The summed E-state index contributed by atoms with van der Waals surface area (Å²) in [6.07, 6.45) is 0. The van der Waals surface area contributed by atoms with Crippen molar-refractivity contribution in [1.82, 2.24) is 19.4 Å². The van der Waals surface area contributed by atoms with Gasteiger partial charge in [-0.15, -0.1) is 11.3 Å². The van der Waals surface area contributed by atoms with Crippen LogP contribution in [-0.2, 0) is 0 Å². The van der Waals surface area contributed by atoms with Crippen LogP contribution in [0.5, 0.6) is 0 Å². The van der Waals surface area contributed by atoms with Gasteiger partial charge in [-0.3, -0.25) is 14.6 Å². The lowest BCUT2D eigenvalue weighted by Gasteiger charge is -2.24. The van der Waals surface area contributed by atoms with Crippen molar-refractivity contribution in [2.24, 2.45) is 0 Å². The average Bonchev–Trinajstić information content (AvgIpc) is 3.24. The molecule has 0 saturated carbocycles. The van der Waals surface area contributed by atoms with Gasteiger partial charge in [-0.05, 0) is 39.8 Å². The molecule has 160 valence electrons. The van der Waals surface area contributed by atoms with E-state index in [0.717, 1.165) is 20.1 Å². The first kappa shape index (κ1) is 20.8. The monoisotopic (exact) mass is 438 g/mol. The molecule has 1 atom stereocenters. The number of rotatable bonds is 4. The molecule has 0 saturated heterocycles. The van der Waals surface area contributed by atoms with Crippen molar-refractivity contribution in [1.29, 1.82) is 0 Å². The summed E-state index contributed by atoms with van der Waals surface area (Å²) in [4.78, 5) is 48.9. The van der Waals surface area contributed by atoms with Gasteiger partial charge in [-0.1, -0.05) is 18.2 Å². The average molecular weight is 439 g/mol. The van der Waals surface area contributed by atoms with E-state index in [0.29, 0.717) is 5.69 Å². The first-order valence-corrected chi connectivity index (χ1v) is 10.6. The van der Waals surface area contributed by atoms with Gasteiger partial charge in [0, 0.05) is 11.9 Å². The molecule has 0 bridgehead atoms. The minimum absolute atomic E-state index is 0.00565. The van der Waals surface area contributed by atoms with Crippen LogP contribution in [-0.4, -0.2) is 32.4 Å². The highest BCUT2D eigenvalue weighted by Crippen LogP contribution is 2.31. The highest BCUT2D eigenvalue weighted by molar-refractivity contribution is 7.11. The fourth-order valence-electron chi connectivity index (χ4n) is 3.73. The van der Waals surface area contributed by atoms with Crippen LogP contribution < -0.4 is 11.2 Å². The minimum Gasteiger partial charge on any atom is -0.444 e. The van der Waals surface area contributed by atoms with Gasteiger partial charge in [0.1, 0.15) is 11.1 Å². The lowest BCUT2D eigenvalue weighted by Crippen LogP contribution is -2.35. The highest BCUT2D eigenvalue weighted by atomic mass is 32.1. The third-order valence-electron chi connectivity index (χ3n) is 5.37. The van der Waals surface area contributed by atoms with E-state index in [1.54, 1.807) is 49.2 Å². The van der Waals surface area contributed by atoms with Crippen LogP contribution in [0.3, 0.4) is 0 Å². The molecule has 1 aromatic carbocycles. The second kappa shape index (κ2) is 7.66. The van der Waals surface area contributed by atoms with E-state index in [-0.39, 0.29) is 34.4 Å². The second-order valence-electron chi connectivity index (χ2n) is 7.42. The Kier molecular flexibility index (Phi) is 5.14. The summed E-state index contributed by atoms with van der Waals surface area (Å²) in [6.45, 7) is 7.36. The summed E-state index contributed by atoms with van der Waals surface area (Å²) < 4.78 is 6.62. The number of benzene rings is 1. The molecular weight excluding hydrogens is 416 g/mol. The van der Waals surface area contributed by atoms with E-state index in [1.807, 2.05) is 20.8 Å². The van der Waals surface area contributed by atoms with Gasteiger partial charge >= 0.3 is 5.69 Å². The van der Waals surface area contributed by atoms with Crippen LogP contribution in [0.4, 0.5) is 0 Å². The number of nitrogens with zero attached hydrogens (tertiary/aromatic N) is 3. The number of aromatic nitrogens is 3. The number of aryl methyl sites for hydroxylation is 3. The maximum absolute atomic E-state index is 13.5. The molecule has 31 heavy (non-hydrogen) atoms. The smallest absolute Gasteiger partial charge is 0.335 e. The number of H-pyrrole nitrogens is 1. The largest absolute Gasteiger partial charge is 0.444 e. The molecule has 1 amide bonds. The van der Waals surface area contributed by atoms with Crippen LogP contribution in [0.25, 0.3) is 16.8 Å². The molecule has 0 aliphatic heterocycles. The molecule has 1 N–H and O–H groups in total. The first-order chi connectivity index (χ1) is 14.7. The molecule has 0 spiro atoms. The Labute approximate surface area is 181 Å². The molecule has 0 fully saturated rings. The van der Waals surface area contributed by atoms with E-state index >= 15 is 0 Å². The minimum atomic E-state index is -0.631. The molecule has 4 rings (SSSR count). The van der Waals surface area contributed by atoms with E-state index < -0.39 is 11.2 Å². The molecule has 0 radical (unpaired) electrons. The summed E-state index contributed by atoms with van der Waals surface area (Å²) >= 11 is 1.54. The number of nitrogens with one attached hydrogen (secondary N) is 1. The van der Waals surface area contributed by atoms with Gasteiger partial charge in [-0.2, -0.15) is 0 Å². The maximum atomic E-state index is 13.5. The standard InChI is InChI=1S/C22H22N4O4S/c1-11-18(31-14(4)23-11)12(2)25(5)20(27)16-13(3)30-19-17(16)21(28)26(22(29)24-19)15-9-7-6-8-10-15/h6-10,12H,1-5H3,(H,24,29). The SMILES string of the molecule is Cc1nc(C)c(C(C)N(C)C(=O)c2c(C)oc3[nH]c(=O)n(-c4ccccc4)c(=O)c23)s1. The number of furan rings is 1. The number of hydrogen-bond donors (Lipinski definition) is 1. The van der Waals surface area contributed by atoms with Crippen molar-refractivity contribution in [3.8, 4) is 5.69 Å². The Bertz CT molecular complexity index is 1410. The molecule has 1 unspecified atom stereocenters. The van der Waals surface area contributed by atoms with Crippen LogP contribution >= 0.6 is 11.3 Å². The maximum Gasteiger partial charge on any atom is 0.335 e. The van der Waals surface area contributed by atoms with Crippen molar-refractivity contribution >= 4 is 28.3 Å². The van der Waals surface area contributed by atoms with Crippen molar-refractivity contribution < 1.29 is 9.21 Å². The summed E-state index contributed by atoms with van der Waals surface area (Å²) in [5.41, 5.74) is 0.192. The topological polar surface area (TPSA) is 101 Å². The highest BCUT2D eigenvalue weighted by Gasteiger charge is 2.29. The fourth-order valence-corrected chi connectivity index (χ4v) is 4.75. The predicted molar refractivity (Wildman–Crippen MR) is 119 cm³/mol. The third-order valence-corrected chi connectivity index (χ3v) is 6.62. The van der Waals surface area contributed by atoms with Crippen LogP contribution in [0, 0.1) is 20.8 Å². The lowest BCUT2D eigenvalue weighted by atomic mass is 10.1. The summed E-state index contributed by atoms with van der Waals surface area (Å²) in [5.74, 6) is -0.0900. The molecule has 3 heterocycles. The van der Waals surface area contributed by atoms with Gasteiger partial charge in [0.05, 0.1) is 28.0 Å².